The molecule has 0 amide bonds. The van der Waals surface area contributed by atoms with E-state index in [4.69, 9.17) is 4.74 Å². The average Bonchev–Trinajstić information content (AvgIpc) is 2.08. The second-order valence-electron chi connectivity index (χ2n) is 2.30. The molecule has 0 radical (unpaired) electrons. The van der Waals surface area contributed by atoms with E-state index in [9.17, 15) is 10.1 Å². The minimum Gasteiger partial charge on any atom is -0.493 e. The zero-order valence-electron chi connectivity index (χ0n) is 6.99. The maximum atomic E-state index is 10.4. The van der Waals surface area contributed by atoms with E-state index in [0.29, 0.717) is 16.8 Å². The van der Waals surface area contributed by atoms with Gasteiger partial charge in [-0.2, -0.15) is 0 Å². The molecule has 1 aromatic rings. The fourth-order valence-corrected chi connectivity index (χ4v) is 1.36. The summed E-state index contributed by atoms with van der Waals surface area (Å²) >= 11 is 3.19. The monoisotopic (exact) mass is 245 g/mol. The van der Waals surface area contributed by atoms with Crippen LogP contribution in [0.1, 0.15) is 6.92 Å². The second kappa shape index (κ2) is 4.23. The Labute approximate surface area is 83.8 Å². The van der Waals surface area contributed by atoms with Gasteiger partial charge in [-0.15, -0.1) is 0 Å². The molecule has 0 aromatic heterocycles. The maximum Gasteiger partial charge on any atom is 0.270 e. The molecule has 70 valence electrons. The maximum absolute atomic E-state index is 10.4. The van der Waals surface area contributed by atoms with Crippen molar-refractivity contribution in [1.29, 1.82) is 0 Å². The van der Waals surface area contributed by atoms with Crippen LogP contribution in [0.5, 0.6) is 5.75 Å². The number of non-ortho nitro benzene ring substituents is 1. The van der Waals surface area contributed by atoms with Crippen LogP contribution in [-0.4, -0.2) is 11.5 Å². The van der Waals surface area contributed by atoms with Gasteiger partial charge in [0.1, 0.15) is 5.75 Å². The highest BCUT2D eigenvalue weighted by molar-refractivity contribution is 9.10. The highest BCUT2D eigenvalue weighted by Gasteiger charge is 2.08. The summed E-state index contributed by atoms with van der Waals surface area (Å²) in [4.78, 5) is 9.92. The van der Waals surface area contributed by atoms with Gasteiger partial charge in [0.25, 0.3) is 5.69 Å². The molecule has 1 aromatic carbocycles. The molecule has 0 heterocycles. The summed E-state index contributed by atoms with van der Waals surface area (Å²) in [6.45, 7) is 2.39. The summed E-state index contributed by atoms with van der Waals surface area (Å²) in [6.07, 6.45) is 0. The molecule has 0 atom stereocenters. The molecule has 0 aliphatic rings. The van der Waals surface area contributed by atoms with E-state index in [-0.39, 0.29) is 5.69 Å². The van der Waals surface area contributed by atoms with Crippen molar-refractivity contribution in [3.8, 4) is 5.75 Å². The summed E-state index contributed by atoms with van der Waals surface area (Å²) in [5, 5.41) is 10.4. The van der Waals surface area contributed by atoms with Crippen LogP contribution in [0, 0.1) is 10.1 Å². The van der Waals surface area contributed by atoms with Gasteiger partial charge in [-0.25, -0.2) is 0 Å². The normalized spacial score (nSPS) is 9.69. The highest BCUT2D eigenvalue weighted by Crippen LogP contribution is 2.28. The molecule has 0 aliphatic heterocycles. The van der Waals surface area contributed by atoms with Gasteiger partial charge in [0, 0.05) is 12.1 Å². The summed E-state index contributed by atoms with van der Waals surface area (Å²) in [5.74, 6) is 0.619. The van der Waals surface area contributed by atoms with Crippen LogP contribution in [0.3, 0.4) is 0 Å². The predicted octanol–water partition coefficient (Wildman–Crippen LogP) is 2.76. The molecular formula is C8H8BrNO3. The number of nitro groups is 1. The summed E-state index contributed by atoms with van der Waals surface area (Å²) in [6, 6.07) is 4.41. The van der Waals surface area contributed by atoms with E-state index in [0.717, 1.165) is 0 Å². The van der Waals surface area contributed by atoms with Gasteiger partial charge < -0.3 is 4.74 Å². The molecule has 0 saturated heterocycles. The number of rotatable bonds is 3. The number of hydrogen-bond acceptors (Lipinski definition) is 3. The van der Waals surface area contributed by atoms with Gasteiger partial charge in [-0.3, -0.25) is 10.1 Å². The van der Waals surface area contributed by atoms with E-state index in [2.05, 4.69) is 15.9 Å². The quantitative estimate of drug-likeness (QED) is 0.608. The average molecular weight is 246 g/mol. The van der Waals surface area contributed by atoms with Gasteiger partial charge in [-0.1, -0.05) is 0 Å². The molecule has 0 unspecified atom stereocenters. The van der Waals surface area contributed by atoms with Gasteiger partial charge >= 0.3 is 0 Å². The molecule has 13 heavy (non-hydrogen) atoms. The molecule has 1 rings (SSSR count). The summed E-state index contributed by atoms with van der Waals surface area (Å²) in [5.41, 5.74) is 0.0512. The van der Waals surface area contributed by atoms with Crippen LogP contribution in [0.25, 0.3) is 0 Å². The third-order valence-electron chi connectivity index (χ3n) is 1.43. The third-order valence-corrected chi connectivity index (χ3v) is 2.05. The molecule has 0 fully saturated rings. The lowest BCUT2D eigenvalue weighted by atomic mass is 10.3. The topological polar surface area (TPSA) is 52.4 Å². The van der Waals surface area contributed by atoms with E-state index in [1.807, 2.05) is 6.92 Å². The van der Waals surface area contributed by atoms with E-state index in [1.54, 1.807) is 6.07 Å². The Hall–Kier alpha value is -1.10. The number of halogens is 1. The predicted molar refractivity (Wildman–Crippen MR) is 52.0 cm³/mol. The summed E-state index contributed by atoms with van der Waals surface area (Å²) < 4.78 is 5.80. The zero-order valence-corrected chi connectivity index (χ0v) is 8.58. The van der Waals surface area contributed by atoms with Crippen LogP contribution in [0.15, 0.2) is 22.7 Å². The largest absolute Gasteiger partial charge is 0.493 e. The molecule has 0 spiro atoms. The molecule has 4 nitrogen and oxygen atoms in total. The SMILES string of the molecule is CCOc1ccc([N+](=O)[O-])cc1Br. The standard InChI is InChI=1S/C8H8BrNO3/c1-2-13-8-4-3-6(10(11)12)5-7(8)9/h3-5H,2H2,1H3. The third kappa shape index (κ3) is 2.42. The minimum absolute atomic E-state index is 0.0512. The van der Waals surface area contributed by atoms with Crippen molar-refractivity contribution in [3.05, 3.63) is 32.8 Å². The van der Waals surface area contributed by atoms with Gasteiger partial charge in [-0.05, 0) is 28.9 Å². The van der Waals surface area contributed by atoms with Gasteiger partial charge in [0.15, 0.2) is 0 Å². The van der Waals surface area contributed by atoms with Crippen molar-refractivity contribution in [2.45, 2.75) is 6.92 Å². The van der Waals surface area contributed by atoms with Crippen molar-refractivity contribution in [1.82, 2.24) is 0 Å². The first-order valence-corrected chi connectivity index (χ1v) is 4.51. The Morgan fingerprint density at radius 3 is 2.77 bits per heavy atom. The first kappa shape index (κ1) is 9.98. The van der Waals surface area contributed by atoms with E-state index < -0.39 is 4.92 Å². The number of nitro benzene ring substituents is 1. The number of hydrogen-bond donors (Lipinski definition) is 0. The molecule has 5 heteroatoms. The number of ether oxygens (including phenoxy) is 1. The Morgan fingerprint density at radius 1 is 1.62 bits per heavy atom. The summed E-state index contributed by atoms with van der Waals surface area (Å²) in [7, 11) is 0. The van der Waals surface area contributed by atoms with Crippen molar-refractivity contribution < 1.29 is 9.66 Å². The molecule has 0 bridgehead atoms. The van der Waals surface area contributed by atoms with E-state index >= 15 is 0 Å². The molecular weight excluding hydrogens is 238 g/mol. The van der Waals surface area contributed by atoms with Crippen molar-refractivity contribution in [2.24, 2.45) is 0 Å². The smallest absolute Gasteiger partial charge is 0.270 e. The van der Waals surface area contributed by atoms with Gasteiger partial charge in [0.2, 0.25) is 0 Å². The van der Waals surface area contributed by atoms with Crippen LogP contribution < -0.4 is 4.74 Å². The number of benzene rings is 1. The molecule has 0 aliphatic carbocycles. The van der Waals surface area contributed by atoms with Crippen molar-refractivity contribution >= 4 is 21.6 Å². The first-order chi connectivity index (χ1) is 6.15. The lowest BCUT2D eigenvalue weighted by Crippen LogP contribution is -1.93. The lowest BCUT2D eigenvalue weighted by Gasteiger charge is -2.04. The highest BCUT2D eigenvalue weighted by atomic mass is 79.9. The van der Waals surface area contributed by atoms with Crippen molar-refractivity contribution in [3.63, 3.8) is 0 Å². The Morgan fingerprint density at radius 2 is 2.31 bits per heavy atom. The lowest BCUT2D eigenvalue weighted by molar-refractivity contribution is -0.384. The van der Waals surface area contributed by atoms with Crippen molar-refractivity contribution in [2.75, 3.05) is 6.61 Å². The zero-order chi connectivity index (χ0) is 9.84. The van der Waals surface area contributed by atoms with Gasteiger partial charge in [0.05, 0.1) is 16.0 Å². The Kier molecular flexibility index (Phi) is 3.25. The van der Waals surface area contributed by atoms with Crippen LogP contribution in [-0.2, 0) is 0 Å². The van der Waals surface area contributed by atoms with Crippen LogP contribution in [0.4, 0.5) is 5.69 Å². The fraction of sp³-hybridized carbons (Fsp3) is 0.250. The number of nitrogens with zero attached hydrogens (tertiary/aromatic N) is 1. The van der Waals surface area contributed by atoms with Crippen LogP contribution >= 0.6 is 15.9 Å². The fourth-order valence-electron chi connectivity index (χ4n) is 0.876. The molecule has 0 saturated carbocycles. The molecule has 0 N–H and O–H groups in total. The Balaban J connectivity index is 2.98. The Bertz CT molecular complexity index is 327. The van der Waals surface area contributed by atoms with Crippen LogP contribution in [0.2, 0.25) is 0 Å². The second-order valence-corrected chi connectivity index (χ2v) is 3.16. The minimum atomic E-state index is -0.444. The van der Waals surface area contributed by atoms with E-state index in [1.165, 1.54) is 12.1 Å². The first-order valence-electron chi connectivity index (χ1n) is 3.72.